The first-order valence-electron chi connectivity index (χ1n) is 13.5. The molecule has 0 unspecified atom stereocenters. The van der Waals surface area contributed by atoms with E-state index in [1.807, 2.05) is 31.2 Å². The van der Waals surface area contributed by atoms with Crippen LogP contribution in [0.15, 0.2) is 97.1 Å². The summed E-state index contributed by atoms with van der Waals surface area (Å²) in [5.41, 5.74) is 8.43. The van der Waals surface area contributed by atoms with Gasteiger partial charge in [-0.15, -0.1) is 0 Å². The van der Waals surface area contributed by atoms with Crippen LogP contribution in [0.4, 0.5) is 0 Å². The van der Waals surface area contributed by atoms with Gasteiger partial charge in [-0.05, 0) is 71.7 Å². The van der Waals surface area contributed by atoms with E-state index in [1.54, 1.807) is 0 Å². The van der Waals surface area contributed by atoms with Gasteiger partial charge in [0.05, 0.1) is 16.6 Å². The van der Waals surface area contributed by atoms with Crippen LogP contribution >= 0.6 is 0 Å². The average Bonchev–Trinajstić information content (AvgIpc) is 3.66. The van der Waals surface area contributed by atoms with E-state index >= 15 is 0 Å². The lowest BCUT2D eigenvalue weighted by Gasteiger charge is -2.20. The molecule has 0 spiro atoms. The molecular weight excluding hydrogens is 466 g/mol. The average molecular weight is 500 g/mol. The number of fused-ring (bicyclic) bond motifs is 1. The second kappa shape index (κ2) is 9.60. The fourth-order valence-electron chi connectivity index (χ4n) is 5.30. The summed E-state index contributed by atoms with van der Waals surface area (Å²) in [5.74, 6) is 1.37. The van der Waals surface area contributed by atoms with Crippen LogP contribution < -0.4 is 5.32 Å². The van der Waals surface area contributed by atoms with Gasteiger partial charge in [-0.1, -0.05) is 92.7 Å². The normalized spacial score (nSPS) is 14.1. The molecule has 190 valence electrons. The molecule has 1 aliphatic rings. The van der Waals surface area contributed by atoms with Gasteiger partial charge in [-0.25, -0.2) is 4.98 Å². The first-order chi connectivity index (χ1) is 18.4. The molecule has 0 saturated heterocycles. The van der Waals surface area contributed by atoms with Crippen LogP contribution in [0.5, 0.6) is 0 Å². The van der Waals surface area contributed by atoms with Gasteiger partial charge in [0.2, 0.25) is 0 Å². The van der Waals surface area contributed by atoms with Crippen LogP contribution in [0, 0.1) is 6.92 Å². The molecule has 1 fully saturated rings. The third kappa shape index (κ3) is 4.63. The molecule has 0 bridgehead atoms. The number of hydrogen-bond acceptors (Lipinski definition) is 2. The van der Waals surface area contributed by atoms with Crippen LogP contribution in [0.2, 0.25) is 0 Å². The number of benzene rings is 4. The van der Waals surface area contributed by atoms with Crippen LogP contribution in [0.1, 0.15) is 65.5 Å². The highest BCUT2D eigenvalue weighted by Crippen LogP contribution is 2.46. The lowest BCUT2D eigenvalue weighted by molar-refractivity contribution is 0.0931. The molecule has 1 amide bonds. The number of aryl methyl sites for hydroxylation is 1. The van der Waals surface area contributed by atoms with Gasteiger partial charge >= 0.3 is 0 Å². The van der Waals surface area contributed by atoms with Gasteiger partial charge in [-0.2, -0.15) is 0 Å². The highest BCUT2D eigenvalue weighted by molar-refractivity contribution is 5.98. The number of amides is 1. The van der Waals surface area contributed by atoms with E-state index < -0.39 is 0 Å². The molecule has 0 aliphatic heterocycles. The third-order valence-electron chi connectivity index (χ3n) is 7.81. The number of carbonyl (C=O) groups excluding carboxylic acids is 1. The summed E-state index contributed by atoms with van der Waals surface area (Å²) >= 11 is 0. The Hall–Kier alpha value is -4.18. The minimum absolute atomic E-state index is 0.0306. The number of hydrogen-bond donors (Lipinski definition) is 1. The van der Waals surface area contributed by atoms with Crippen molar-refractivity contribution in [3.05, 3.63) is 125 Å². The molecule has 1 aliphatic carbocycles. The van der Waals surface area contributed by atoms with E-state index in [4.69, 9.17) is 4.98 Å². The Morgan fingerprint density at radius 3 is 2.34 bits per heavy atom. The summed E-state index contributed by atoms with van der Waals surface area (Å²) < 4.78 is 2.20. The van der Waals surface area contributed by atoms with Crippen molar-refractivity contribution in [3.63, 3.8) is 0 Å². The second-order valence-electron chi connectivity index (χ2n) is 10.8. The van der Waals surface area contributed by atoms with Crippen molar-refractivity contribution in [2.24, 2.45) is 0 Å². The van der Waals surface area contributed by atoms with Gasteiger partial charge in [0, 0.05) is 12.1 Å². The Kier molecular flexibility index (Phi) is 6.11. The first-order valence-corrected chi connectivity index (χ1v) is 13.5. The van der Waals surface area contributed by atoms with Crippen molar-refractivity contribution in [2.75, 3.05) is 0 Å². The van der Waals surface area contributed by atoms with Crippen molar-refractivity contribution in [3.8, 4) is 11.1 Å². The van der Waals surface area contributed by atoms with E-state index in [0.29, 0.717) is 18.0 Å². The van der Waals surface area contributed by atoms with E-state index in [2.05, 4.69) is 96.5 Å². The minimum Gasteiger partial charge on any atom is -0.343 e. The Labute approximate surface area is 224 Å². The standard InChI is InChI=1S/C34H33N3O/c1-23(2)28-10-7-11-30(20-28)34(18-19-34)36-33(38)29-16-17-31-32(21-29)37(24(3)35-31)22-25-12-14-27(15-13-25)26-8-5-4-6-9-26/h4-17,20-21,23H,18-19,22H2,1-3H3,(H,36,38). The SMILES string of the molecule is Cc1nc2ccc(C(=O)NC3(c4cccc(C(C)C)c4)CC3)cc2n1Cc1ccc(-c2ccccc2)cc1. The number of aromatic nitrogens is 2. The summed E-state index contributed by atoms with van der Waals surface area (Å²) in [6, 6.07) is 33.6. The Balaban J connectivity index is 1.24. The number of nitrogens with one attached hydrogen (secondary N) is 1. The maximum atomic E-state index is 13.4. The fourth-order valence-corrected chi connectivity index (χ4v) is 5.30. The minimum atomic E-state index is -0.256. The van der Waals surface area contributed by atoms with E-state index in [0.717, 1.165) is 29.7 Å². The Bertz CT molecular complexity index is 1610. The van der Waals surface area contributed by atoms with Gasteiger partial charge in [0.25, 0.3) is 5.91 Å². The zero-order valence-corrected chi connectivity index (χ0v) is 22.2. The Morgan fingerprint density at radius 2 is 1.63 bits per heavy atom. The zero-order valence-electron chi connectivity index (χ0n) is 22.2. The van der Waals surface area contributed by atoms with E-state index in [-0.39, 0.29) is 11.4 Å². The molecule has 38 heavy (non-hydrogen) atoms. The van der Waals surface area contributed by atoms with Crippen LogP contribution in [0.25, 0.3) is 22.2 Å². The topological polar surface area (TPSA) is 46.9 Å². The maximum Gasteiger partial charge on any atom is 0.252 e. The Morgan fingerprint density at radius 1 is 0.895 bits per heavy atom. The number of imidazole rings is 1. The van der Waals surface area contributed by atoms with Crippen LogP contribution in [0.3, 0.4) is 0 Å². The summed E-state index contributed by atoms with van der Waals surface area (Å²) in [6.45, 7) is 7.14. The molecule has 5 aromatic rings. The molecule has 4 aromatic carbocycles. The van der Waals surface area contributed by atoms with E-state index in [1.165, 1.54) is 27.8 Å². The fraction of sp³-hybridized carbons (Fsp3) is 0.235. The summed E-state index contributed by atoms with van der Waals surface area (Å²) in [7, 11) is 0. The molecule has 0 atom stereocenters. The van der Waals surface area contributed by atoms with Crippen molar-refractivity contribution < 1.29 is 4.79 Å². The van der Waals surface area contributed by atoms with Crippen molar-refractivity contribution in [1.82, 2.24) is 14.9 Å². The maximum absolute atomic E-state index is 13.4. The van der Waals surface area contributed by atoms with Crippen LogP contribution in [-0.2, 0) is 12.1 Å². The molecule has 0 radical (unpaired) electrons. The molecule has 6 rings (SSSR count). The van der Waals surface area contributed by atoms with Crippen molar-refractivity contribution in [1.29, 1.82) is 0 Å². The quantitative estimate of drug-likeness (QED) is 0.251. The monoisotopic (exact) mass is 499 g/mol. The number of carbonyl (C=O) groups is 1. The van der Waals surface area contributed by atoms with Crippen molar-refractivity contribution in [2.45, 2.75) is 51.6 Å². The summed E-state index contributed by atoms with van der Waals surface area (Å²) in [4.78, 5) is 18.2. The summed E-state index contributed by atoms with van der Waals surface area (Å²) in [5, 5.41) is 3.36. The van der Waals surface area contributed by atoms with Gasteiger partial charge in [0.1, 0.15) is 5.82 Å². The van der Waals surface area contributed by atoms with Gasteiger partial charge < -0.3 is 9.88 Å². The van der Waals surface area contributed by atoms with Gasteiger partial charge in [-0.3, -0.25) is 4.79 Å². The number of nitrogens with zero attached hydrogens (tertiary/aromatic N) is 2. The number of rotatable bonds is 7. The lowest BCUT2D eigenvalue weighted by Crippen LogP contribution is -2.34. The van der Waals surface area contributed by atoms with Gasteiger partial charge in [0.15, 0.2) is 0 Å². The second-order valence-corrected chi connectivity index (χ2v) is 10.8. The largest absolute Gasteiger partial charge is 0.343 e. The summed E-state index contributed by atoms with van der Waals surface area (Å²) in [6.07, 6.45) is 1.94. The van der Waals surface area contributed by atoms with Crippen molar-refractivity contribution >= 4 is 16.9 Å². The predicted molar refractivity (Wildman–Crippen MR) is 154 cm³/mol. The molecule has 4 heteroatoms. The molecular formula is C34H33N3O. The highest BCUT2D eigenvalue weighted by atomic mass is 16.1. The third-order valence-corrected chi connectivity index (χ3v) is 7.81. The zero-order chi connectivity index (χ0) is 26.3. The smallest absolute Gasteiger partial charge is 0.252 e. The predicted octanol–water partition coefficient (Wildman–Crippen LogP) is 7.60. The van der Waals surface area contributed by atoms with E-state index in [9.17, 15) is 4.79 Å². The molecule has 1 saturated carbocycles. The molecule has 1 aromatic heterocycles. The highest BCUT2D eigenvalue weighted by Gasteiger charge is 2.45. The van der Waals surface area contributed by atoms with Crippen LogP contribution in [-0.4, -0.2) is 15.5 Å². The molecule has 1 N–H and O–H groups in total. The first kappa shape index (κ1) is 24.2. The lowest BCUT2D eigenvalue weighted by atomic mass is 9.96. The molecule has 4 nitrogen and oxygen atoms in total. The molecule has 1 heterocycles.